The van der Waals surface area contributed by atoms with Gasteiger partial charge in [-0.05, 0) is 49.4 Å². The van der Waals surface area contributed by atoms with Gasteiger partial charge in [-0.25, -0.2) is 8.42 Å². The number of aryl methyl sites for hydroxylation is 1. The Bertz CT molecular complexity index is 1050. The van der Waals surface area contributed by atoms with Crippen LogP contribution in [0.2, 0.25) is 5.02 Å². The Morgan fingerprint density at radius 1 is 1.12 bits per heavy atom. The summed E-state index contributed by atoms with van der Waals surface area (Å²) in [5.41, 5.74) is 0.739. The molecule has 0 fully saturated rings. The van der Waals surface area contributed by atoms with E-state index in [0.29, 0.717) is 16.5 Å². The third-order valence-corrected chi connectivity index (χ3v) is 4.98. The van der Waals surface area contributed by atoms with Crippen LogP contribution in [0.1, 0.15) is 16.1 Å². The number of halogens is 1. The first kappa shape index (κ1) is 18.0. The molecule has 1 amide bonds. The van der Waals surface area contributed by atoms with Crippen LogP contribution in [-0.2, 0) is 10.0 Å². The van der Waals surface area contributed by atoms with Crippen molar-refractivity contribution in [3.8, 4) is 0 Å². The number of amides is 1. The normalized spacial score (nSPS) is 11.2. The first-order valence-electron chi connectivity index (χ1n) is 7.47. The van der Waals surface area contributed by atoms with Crippen LogP contribution in [0.15, 0.2) is 64.0 Å². The zero-order valence-electron chi connectivity index (χ0n) is 13.6. The number of carbonyl (C=O) groups is 1. The smallest absolute Gasteiger partial charge is 0.263 e. The Balaban J connectivity index is 1.80. The largest absolute Gasteiger partial charge is 0.360 e. The summed E-state index contributed by atoms with van der Waals surface area (Å²) in [6.45, 7) is 1.65. The molecule has 134 valence electrons. The van der Waals surface area contributed by atoms with Crippen LogP contribution < -0.4 is 10.0 Å². The number of carbonyl (C=O) groups excluding carboxylic acids is 1. The molecule has 9 heteroatoms. The topological polar surface area (TPSA) is 101 Å². The molecule has 0 saturated carbocycles. The van der Waals surface area contributed by atoms with Gasteiger partial charge in [-0.2, -0.15) is 0 Å². The van der Waals surface area contributed by atoms with Crippen molar-refractivity contribution in [2.75, 3.05) is 10.0 Å². The number of nitrogens with zero attached hydrogens (tertiary/aromatic N) is 1. The first-order chi connectivity index (χ1) is 12.3. The highest BCUT2D eigenvalue weighted by Gasteiger charge is 2.18. The molecular formula is C17H14ClN3O4S. The molecule has 2 aromatic carbocycles. The zero-order valence-corrected chi connectivity index (χ0v) is 15.1. The molecule has 0 bridgehead atoms. The molecule has 0 spiro atoms. The second-order valence-electron chi connectivity index (χ2n) is 5.42. The van der Waals surface area contributed by atoms with Crippen molar-refractivity contribution in [2.24, 2.45) is 0 Å². The van der Waals surface area contributed by atoms with Crippen LogP contribution in [0.25, 0.3) is 0 Å². The van der Waals surface area contributed by atoms with Crippen LogP contribution in [0, 0.1) is 6.92 Å². The van der Waals surface area contributed by atoms with Gasteiger partial charge in [0.15, 0.2) is 5.82 Å². The molecule has 0 unspecified atom stereocenters. The fourth-order valence-corrected chi connectivity index (χ4v) is 3.31. The maximum Gasteiger partial charge on any atom is 0.263 e. The third-order valence-electron chi connectivity index (χ3n) is 3.38. The van der Waals surface area contributed by atoms with Crippen molar-refractivity contribution < 1.29 is 17.7 Å². The predicted octanol–water partition coefficient (Wildman–Crippen LogP) is 3.69. The zero-order chi connectivity index (χ0) is 18.7. The van der Waals surface area contributed by atoms with Crippen molar-refractivity contribution in [2.45, 2.75) is 11.8 Å². The number of aromatic nitrogens is 1. The fraction of sp³-hybridized carbons (Fsp3) is 0.0588. The summed E-state index contributed by atoms with van der Waals surface area (Å²) in [4.78, 5) is 12.3. The van der Waals surface area contributed by atoms with E-state index in [1.165, 1.54) is 30.3 Å². The predicted molar refractivity (Wildman–Crippen MR) is 97.9 cm³/mol. The summed E-state index contributed by atoms with van der Waals surface area (Å²) in [5.74, 6) is 0.0963. The quantitative estimate of drug-likeness (QED) is 0.690. The van der Waals surface area contributed by atoms with Gasteiger partial charge in [0.2, 0.25) is 0 Å². The minimum absolute atomic E-state index is 0.0677. The summed E-state index contributed by atoms with van der Waals surface area (Å²) >= 11 is 5.81. The lowest BCUT2D eigenvalue weighted by Crippen LogP contribution is -2.16. The van der Waals surface area contributed by atoms with Crippen molar-refractivity contribution >= 4 is 39.0 Å². The molecule has 0 aliphatic carbocycles. The molecule has 0 radical (unpaired) electrons. The van der Waals surface area contributed by atoms with Crippen molar-refractivity contribution in [3.05, 3.63) is 70.9 Å². The lowest BCUT2D eigenvalue weighted by Gasteiger charge is -2.08. The van der Waals surface area contributed by atoms with Crippen LogP contribution in [0.3, 0.4) is 0 Å². The maximum atomic E-state index is 12.4. The molecule has 0 saturated heterocycles. The first-order valence-corrected chi connectivity index (χ1v) is 9.33. The van der Waals surface area contributed by atoms with E-state index < -0.39 is 15.9 Å². The van der Waals surface area contributed by atoms with Crippen molar-refractivity contribution in [1.82, 2.24) is 5.16 Å². The highest BCUT2D eigenvalue weighted by molar-refractivity contribution is 7.92. The fourth-order valence-electron chi connectivity index (χ4n) is 2.15. The van der Waals surface area contributed by atoms with E-state index in [1.807, 2.05) is 0 Å². The number of rotatable bonds is 5. The molecule has 2 N–H and O–H groups in total. The summed E-state index contributed by atoms with van der Waals surface area (Å²) in [7, 11) is -3.90. The summed E-state index contributed by atoms with van der Waals surface area (Å²) < 4.78 is 32.0. The Morgan fingerprint density at radius 3 is 2.50 bits per heavy atom. The number of hydrogen-bond donors (Lipinski definition) is 2. The van der Waals surface area contributed by atoms with Gasteiger partial charge in [0, 0.05) is 22.3 Å². The highest BCUT2D eigenvalue weighted by atomic mass is 35.5. The molecule has 1 aromatic heterocycles. The van der Waals surface area contributed by atoms with Crippen LogP contribution in [0.5, 0.6) is 0 Å². The number of nitrogens with one attached hydrogen (secondary N) is 2. The minimum Gasteiger partial charge on any atom is -0.360 e. The standard InChI is InChI=1S/C17H14ClN3O4S/c1-11-9-16(20-25-11)21-26(23,24)15-4-2-3-12(10-15)17(22)19-14-7-5-13(18)6-8-14/h2-10H,1H3,(H,19,22)(H,20,21). The lowest BCUT2D eigenvalue weighted by molar-refractivity contribution is 0.102. The van der Waals surface area contributed by atoms with Crippen LogP contribution in [0.4, 0.5) is 11.5 Å². The molecule has 3 aromatic rings. The third kappa shape index (κ3) is 4.22. The maximum absolute atomic E-state index is 12.4. The Kier molecular flexibility index (Phi) is 4.97. The Hall–Kier alpha value is -2.84. The van der Waals surface area contributed by atoms with Gasteiger partial charge in [0.25, 0.3) is 15.9 Å². The minimum atomic E-state index is -3.90. The molecular weight excluding hydrogens is 378 g/mol. The summed E-state index contributed by atoms with van der Waals surface area (Å²) in [6.07, 6.45) is 0. The number of sulfonamides is 1. The van der Waals surface area contributed by atoms with Gasteiger partial charge < -0.3 is 9.84 Å². The Labute approximate surface area is 155 Å². The van der Waals surface area contributed by atoms with Gasteiger partial charge in [0.05, 0.1) is 4.90 Å². The van der Waals surface area contributed by atoms with Gasteiger partial charge in [-0.15, -0.1) is 0 Å². The van der Waals surface area contributed by atoms with Crippen molar-refractivity contribution in [1.29, 1.82) is 0 Å². The molecule has 1 heterocycles. The van der Waals surface area contributed by atoms with Crippen LogP contribution in [-0.4, -0.2) is 19.5 Å². The Morgan fingerprint density at radius 2 is 1.85 bits per heavy atom. The number of hydrogen-bond acceptors (Lipinski definition) is 5. The average Bonchev–Trinajstić information content (AvgIpc) is 3.01. The van der Waals surface area contributed by atoms with E-state index in [4.69, 9.17) is 16.1 Å². The SMILES string of the molecule is Cc1cc(NS(=O)(=O)c2cccc(C(=O)Nc3ccc(Cl)cc3)c2)no1. The molecule has 0 atom stereocenters. The molecule has 26 heavy (non-hydrogen) atoms. The molecule has 0 aliphatic rings. The lowest BCUT2D eigenvalue weighted by atomic mass is 10.2. The average molecular weight is 392 g/mol. The van der Waals surface area contributed by atoms with E-state index in [2.05, 4.69) is 15.2 Å². The van der Waals surface area contributed by atoms with E-state index in [-0.39, 0.29) is 16.3 Å². The van der Waals surface area contributed by atoms with E-state index in [0.717, 1.165) is 0 Å². The summed E-state index contributed by atoms with van der Waals surface area (Å²) in [6, 6.07) is 13.7. The van der Waals surface area contributed by atoms with E-state index >= 15 is 0 Å². The molecule has 3 rings (SSSR count). The van der Waals surface area contributed by atoms with Gasteiger partial charge in [-0.3, -0.25) is 9.52 Å². The molecule has 0 aliphatic heterocycles. The van der Waals surface area contributed by atoms with Crippen molar-refractivity contribution in [3.63, 3.8) is 0 Å². The molecule has 7 nitrogen and oxygen atoms in total. The summed E-state index contributed by atoms with van der Waals surface area (Å²) in [5, 5.41) is 6.82. The number of anilines is 2. The van der Waals surface area contributed by atoms with E-state index in [1.54, 1.807) is 31.2 Å². The van der Waals surface area contributed by atoms with Gasteiger partial charge in [0.1, 0.15) is 5.76 Å². The monoisotopic (exact) mass is 391 g/mol. The highest BCUT2D eigenvalue weighted by Crippen LogP contribution is 2.19. The van der Waals surface area contributed by atoms with Gasteiger partial charge >= 0.3 is 0 Å². The number of benzene rings is 2. The second kappa shape index (κ2) is 7.19. The van der Waals surface area contributed by atoms with Crippen LogP contribution >= 0.6 is 11.6 Å². The second-order valence-corrected chi connectivity index (χ2v) is 7.54. The van der Waals surface area contributed by atoms with Gasteiger partial charge in [-0.1, -0.05) is 22.8 Å². The van der Waals surface area contributed by atoms with E-state index in [9.17, 15) is 13.2 Å².